The Morgan fingerprint density at radius 3 is 1.34 bits per heavy atom. The van der Waals surface area contributed by atoms with E-state index in [2.05, 4.69) is 240 Å². The van der Waals surface area contributed by atoms with Crippen LogP contribution in [0.4, 0.5) is 34.1 Å². The van der Waals surface area contributed by atoms with Gasteiger partial charge in [-0.25, -0.2) is 0 Å². The molecular formula is C60H38N2S3. The van der Waals surface area contributed by atoms with Crippen molar-refractivity contribution in [3.8, 4) is 22.3 Å². The molecule has 2 nitrogen and oxygen atoms in total. The van der Waals surface area contributed by atoms with Gasteiger partial charge in [0.15, 0.2) is 0 Å². The number of benzene rings is 10. The standard InChI is InChI=1S/C60H38N2S3/c1-3-12-39(13-4-1)40-22-26-43(27-23-40)61(44-28-24-41(25-29-44)48-18-11-19-52-49-16-7-10-21-56(49)65-60(48)52)45-31-35-58-54(36-45)51-33-30-47(38-59(51)64-58)62(42-14-5-2-6-15-42)46-32-34-57-53(37-46)50-17-8-9-20-55(50)63-57/h1-38H. The van der Waals surface area contributed by atoms with E-state index in [0.29, 0.717) is 0 Å². The van der Waals surface area contributed by atoms with Crippen LogP contribution in [0.1, 0.15) is 0 Å². The molecule has 13 rings (SSSR count). The van der Waals surface area contributed by atoms with E-state index in [1.165, 1.54) is 82.8 Å². The summed E-state index contributed by atoms with van der Waals surface area (Å²) >= 11 is 5.60. The minimum absolute atomic E-state index is 1.11. The molecule has 0 spiro atoms. The quantitative estimate of drug-likeness (QED) is 0.150. The van der Waals surface area contributed by atoms with Gasteiger partial charge in [-0.15, -0.1) is 34.0 Å². The Kier molecular flexibility index (Phi) is 9.12. The summed E-state index contributed by atoms with van der Waals surface area (Å²) in [5.74, 6) is 0. The molecule has 0 unspecified atom stereocenters. The minimum atomic E-state index is 1.11. The summed E-state index contributed by atoms with van der Waals surface area (Å²) in [7, 11) is 0. The van der Waals surface area contributed by atoms with E-state index in [0.717, 1.165) is 34.1 Å². The van der Waals surface area contributed by atoms with E-state index in [9.17, 15) is 0 Å². The molecule has 0 fully saturated rings. The van der Waals surface area contributed by atoms with Crippen molar-refractivity contribution >= 4 is 129 Å². The minimum Gasteiger partial charge on any atom is -0.310 e. The molecular weight excluding hydrogens is 845 g/mol. The number of anilines is 6. The molecule has 0 radical (unpaired) electrons. The van der Waals surface area contributed by atoms with Gasteiger partial charge in [0.1, 0.15) is 0 Å². The summed E-state index contributed by atoms with van der Waals surface area (Å²) in [6.45, 7) is 0. The van der Waals surface area contributed by atoms with E-state index >= 15 is 0 Å². The first kappa shape index (κ1) is 38.0. The van der Waals surface area contributed by atoms with Gasteiger partial charge in [-0.05, 0) is 119 Å². The van der Waals surface area contributed by atoms with Crippen LogP contribution >= 0.6 is 34.0 Å². The Hall–Kier alpha value is -7.54. The van der Waals surface area contributed by atoms with Gasteiger partial charge >= 0.3 is 0 Å². The van der Waals surface area contributed by atoms with E-state index in [1.54, 1.807) is 0 Å². The van der Waals surface area contributed by atoms with Gasteiger partial charge in [-0.3, -0.25) is 0 Å². The molecule has 3 heterocycles. The summed E-state index contributed by atoms with van der Waals surface area (Å²) < 4.78 is 7.80. The van der Waals surface area contributed by atoms with Crippen LogP contribution in [0.15, 0.2) is 231 Å². The lowest BCUT2D eigenvalue weighted by Gasteiger charge is -2.26. The third-order valence-corrected chi connectivity index (χ3v) is 16.2. The molecule has 13 aromatic rings. The summed E-state index contributed by atoms with van der Waals surface area (Å²) in [5.41, 5.74) is 11.7. The van der Waals surface area contributed by atoms with Crippen LogP contribution in [0, 0.1) is 0 Å². The van der Waals surface area contributed by atoms with Crippen LogP contribution in [0.2, 0.25) is 0 Å². The fourth-order valence-electron chi connectivity index (χ4n) is 9.55. The molecule has 65 heavy (non-hydrogen) atoms. The Morgan fingerprint density at radius 2 is 0.662 bits per heavy atom. The predicted molar refractivity (Wildman–Crippen MR) is 285 cm³/mol. The summed E-state index contributed by atoms with van der Waals surface area (Å²) in [6, 6.07) is 84.6. The maximum Gasteiger partial charge on any atom is 0.0476 e. The van der Waals surface area contributed by atoms with E-state index in [4.69, 9.17) is 0 Å². The van der Waals surface area contributed by atoms with Crippen molar-refractivity contribution in [2.45, 2.75) is 0 Å². The highest BCUT2D eigenvalue weighted by molar-refractivity contribution is 7.26. The summed E-state index contributed by atoms with van der Waals surface area (Å²) in [6.07, 6.45) is 0. The van der Waals surface area contributed by atoms with Crippen LogP contribution < -0.4 is 9.80 Å². The molecule has 0 saturated heterocycles. The summed E-state index contributed by atoms with van der Waals surface area (Å²) in [4.78, 5) is 4.80. The first-order valence-corrected chi connectivity index (χ1v) is 24.3. The van der Waals surface area contributed by atoms with Gasteiger partial charge in [0.05, 0.1) is 0 Å². The highest BCUT2D eigenvalue weighted by atomic mass is 32.1. The maximum atomic E-state index is 2.40. The molecule has 0 amide bonds. The molecule has 306 valence electrons. The van der Waals surface area contributed by atoms with Crippen molar-refractivity contribution in [1.82, 2.24) is 0 Å². The molecule has 0 atom stereocenters. The monoisotopic (exact) mass is 882 g/mol. The predicted octanol–water partition coefficient (Wildman–Crippen LogP) is 19.1. The fourth-order valence-corrected chi connectivity index (χ4v) is 13.0. The average molecular weight is 883 g/mol. The molecule has 0 aliphatic heterocycles. The zero-order valence-corrected chi connectivity index (χ0v) is 37.5. The maximum absolute atomic E-state index is 2.40. The van der Waals surface area contributed by atoms with E-state index in [-0.39, 0.29) is 0 Å². The largest absolute Gasteiger partial charge is 0.310 e. The van der Waals surface area contributed by atoms with Gasteiger partial charge in [-0.1, -0.05) is 133 Å². The number of para-hydroxylation sites is 1. The molecule has 0 aliphatic carbocycles. The van der Waals surface area contributed by atoms with Crippen LogP contribution in [0.5, 0.6) is 0 Å². The molecule has 0 saturated carbocycles. The van der Waals surface area contributed by atoms with Gasteiger partial charge in [0.2, 0.25) is 0 Å². The van der Waals surface area contributed by atoms with Crippen LogP contribution in [0.25, 0.3) is 82.8 Å². The molecule has 5 heteroatoms. The molecule has 10 aromatic carbocycles. The van der Waals surface area contributed by atoms with Gasteiger partial charge in [-0.2, -0.15) is 0 Å². The Labute approximate surface area is 388 Å². The molecule has 0 N–H and O–H groups in total. The van der Waals surface area contributed by atoms with Crippen LogP contribution in [-0.4, -0.2) is 0 Å². The first-order chi connectivity index (χ1) is 32.2. The highest BCUT2D eigenvalue weighted by Crippen LogP contribution is 2.46. The van der Waals surface area contributed by atoms with Crippen molar-refractivity contribution in [3.05, 3.63) is 231 Å². The first-order valence-electron chi connectivity index (χ1n) is 21.9. The van der Waals surface area contributed by atoms with Gasteiger partial charge in [0.25, 0.3) is 0 Å². The average Bonchev–Trinajstić information content (AvgIpc) is 4.06. The molecule has 3 aromatic heterocycles. The molecule has 0 bridgehead atoms. The zero-order chi connectivity index (χ0) is 42.8. The Morgan fingerprint density at radius 1 is 0.231 bits per heavy atom. The van der Waals surface area contributed by atoms with Crippen molar-refractivity contribution in [2.24, 2.45) is 0 Å². The van der Waals surface area contributed by atoms with Gasteiger partial charge < -0.3 is 9.80 Å². The summed E-state index contributed by atoms with van der Waals surface area (Å²) in [5, 5.41) is 7.75. The Bertz CT molecular complexity index is 3880. The van der Waals surface area contributed by atoms with Crippen molar-refractivity contribution in [3.63, 3.8) is 0 Å². The third-order valence-electron chi connectivity index (χ3n) is 12.7. The lowest BCUT2D eigenvalue weighted by Crippen LogP contribution is -2.09. The van der Waals surface area contributed by atoms with Crippen molar-refractivity contribution < 1.29 is 0 Å². The van der Waals surface area contributed by atoms with Crippen LogP contribution in [0.3, 0.4) is 0 Å². The molecule has 0 aliphatic rings. The fraction of sp³-hybridized carbons (Fsp3) is 0. The van der Waals surface area contributed by atoms with E-state index in [1.807, 2.05) is 34.0 Å². The SMILES string of the molecule is c1ccc(-c2ccc(N(c3ccc(-c4cccc5c4sc4ccccc45)cc3)c3ccc4sc5cc(N(c6ccccc6)c6ccc7sc8ccccc8c7c6)ccc5c4c3)cc2)cc1. The third kappa shape index (κ3) is 6.59. The van der Waals surface area contributed by atoms with Crippen LogP contribution in [-0.2, 0) is 0 Å². The topological polar surface area (TPSA) is 6.48 Å². The second kappa shape index (κ2) is 15.6. The second-order valence-corrected chi connectivity index (χ2v) is 19.7. The number of fused-ring (bicyclic) bond motifs is 9. The number of hydrogen-bond donors (Lipinski definition) is 0. The lowest BCUT2D eigenvalue weighted by molar-refractivity contribution is 1.29. The van der Waals surface area contributed by atoms with Crippen molar-refractivity contribution in [1.29, 1.82) is 0 Å². The number of thiophene rings is 3. The highest BCUT2D eigenvalue weighted by Gasteiger charge is 2.19. The second-order valence-electron chi connectivity index (χ2n) is 16.5. The van der Waals surface area contributed by atoms with Gasteiger partial charge in [0, 0.05) is 94.6 Å². The number of nitrogens with zero attached hydrogens (tertiary/aromatic N) is 2. The lowest BCUT2D eigenvalue weighted by atomic mass is 10.0. The Balaban J connectivity index is 0.914. The zero-order valence-electron chi connectivity index (χ0n) is 35.1. The smallest absolute Gasteiger partial charge is 0.0476 e. The van der Waals surface area contributed by atoms with E-state index < -0.39 is 0 Å². The number of rotatable bonds is 8. The number of hydrogen-bond acceptors (Lipinski definition) is 5. The normalized spacial score (nSPS) is 11.7. The van der Waals surface area contributed by atoms with Crippen molar-refractivity contribution in [2.75, 3.05) is 9.80 Å².